The number of halogens is 4. The molecule has 1 fully saturated rings. The molecule has 1 aliphatic carbocycles. The minimum Gasteiger partial charge on any atom is -0.476 e. The lowest BCUT2D eigenvalue weighted by Gasteiger charge is -2.16. The Kier molecular flexibility index (Phi) is 4.20. The van der Waals surface area contributed by atoms with E-state index in [0.29, 0.717) is 12.6 Å². The second kappa shape index (κ2) is 5.54. The first-order valence-corrected chi connectivity index (χ1v) is 6.32. The highest BCUT2D eigenvalue weighted by Crippen LogP contribution is 2.32. The molecule has 1 aromatic rings. The van der Waals surface area contributed by atoms with Crippen LogP contribution in [0.4, 0.5) is 13.2 Å². The van der Waals surface area contributed by atoms with Crippen molar-refractivity contribution >= 4 is 11.6 Å². The van der Waals surface area contributed by atoms with Crippen LogP contribution >= 0.6 is 11.6 Å². The normalized spacial score (nSPS) is 15.9. The largest absolute Gasteiger partial charge is 0.476 e. The molecule has 2 rings (SSSR count). The number of alkyl halides is 3. The summed E-state index contributed by atoms with van der Waals surface area (Å²) in [5.74, 6) is -0.0935. The Morgan fingerprint density at radius 3 is 2.68 bits per heavy atom. The minimum absolute atomic E-state index is 0.0935. The SMILES string of the molecule is CN(CCOc1cc(C(F)(F)F)cc(Cl)n1)C1CC1. The van der Waals surface area contributed by atoms with Crippen molar-refractivity contribution in [3.8, 4) is 5.88 Å². The number of likely N-dealkylation sites (N-methyl/N-ethyl adjacent to an activating group) is 1. The Labute approximate surface area is 114 Å². The van der Waals surface area contributed by atoms with Crippen molar-refractivity contribution in [2.75, 3.05) is 20.2 Å². The minimum atomic E-state index is -4.45. The van der Waals surface area contributed by atoms with Gasteiger partial charge in [-0.25, -0.2) is 4.98 Å². The molecule has 0 radical (unpaired) electrons. The molecule has 1 aromatic heterocycles. The molecule has 19 heavy (non-hydrogen) atoms. The number of hydrogen-bond acceptors (Lipinski definition) is 3. The first kappa shape index (κ1) is 14.4. The smallest absolute Gasteiger partial charge is 0.416 e. The first-order chi connectivity index (χ1) is 8.86. The molecule has 1 heterocycles. The van der Waals surface area contributed by atoms with Crippen molar-refractivity contribution in [3.63, 3.8) is 0 Å². The summed E-state index contributed by atoms with van der Waals surface area (Å²) in [4.78, 5) is 5.85. The first-order valence-electron chi connectivity index (χ1n) is 5.94. The Balaban J connectivity index is 1.93. The van der Waals surface area contributed by atoms with Crippen LogP contribution < -0.4 is 4.74 Å². The number of ether oxygens (including phenoxy) is 1. The summed E-state index contributed by atoms with van der Waals surface area (Å²) in [6.07, 6.45) is -2.11. The Morgan fingerprint density at radius 1 is 1.42 bits per heavy atom. The van der Waals surface area contributed by atoms with Gasteiger partial charge in [0.1, 0.15) is 11.8 Å². The molecule has 1 aliphatic rings. The zero-order valence-corrected chi connectivity index (χ0v) is 11.1. The van der Waals surface area contributed by atoms with Gasteiger partial charge in [0.15, 0.2) is 0 Å². The summed E-state index contributed by atoms with van der Waals surface area (Å²) in [6.45, 7) is 0.942. The molecule has 3 nitrogen and oxygen atoms in total. The molecule has 7 heteroatoms. The maximum atomic E-state index is 12.6. The van der Waals surface area contributed by atoms with Gasteiger partial charge in [-0.1, -0.05) is 11.6 Å². The lowest BCUT2D eigenvalue weighted by molar-refractivity contribution is -0.137. The molecule has 0 N–H and O–H groups in total. The quantitative estimate of drug-likeness (QED) is 0.780. The fraction of sp³-hybridized carbons (Fsp3) is 0.583. The zero-order chi connectivity index (χ0) is 14.0. The lowest BCUT2D eigenvalue weighted by Crippen LogP contribution is -2.26. The maximum Gasteiger partial charge on any atom is 0.416 e. The van der Waals surface area contributed by atoms with Crippen molar-refractivity contribution in [1.29, 1.82) is 0 Å². The summed E-state index contributed by atoms with van der Waals surface area (Å²) in [5.41, 5.74) is -0.849. The summed E-state index contributed by atoms with van der Waals surface area (Å²) < 4.78 is 42.9. The second-order valence-corrected chi connectivity index (χ2v) is 4.96. The number of rotatable bonds is 5. The number of nitrogens with zero attached hydrogens (tertiary/aromatic N) is 2. The van der Waals surface area contributed by atoms with Crippen molar-refractivity contribution in [2.24, 2.45) is 0 Å². The summed E-state index contributed by atoms with van der Waals surface area (Å²) in [7, 11) is 1.97. The molecule has 0 spiro atoms. The van der Waals surface area contributed by atoms with E-state index in [4.69, 9.17) is 16.3 Å². The third kappa shape index (κ3) is 4.24. The summed E-state index contributed by atoms with van der Waals surface area (Å²) >= 11 is 5.56. The van der Waals surface area contributed by atoms with Crippen molar-refractivity contribution in [2.45, 2.75) is 25.1 Å². The predicted molar refractivity (Wildman–Crippen MR) is 65.4 cm³/mol. The number of pyridine rings is 1. The van der Waals surface area contributed by atoms with E-state index in [1.165, 1.54) is 12.8 Å². The Hall–Kier alpha value is -1.01. The average molecular weight is 295 g/mol. The molecular formula is C12H14ClF3N2O. The molecular weight excluding hydrogens is 281 g/mol. The molecule has 0 bridgehead atoms. The highest BCUT2D eigenvalue weighted by Gasteiger charge is 2.32. The molecule has 0 atom stereocenters. The van der Waals surface area contributed by atoms with E-state index in [-0.39, 0.29) is 17.6 Å². The van der Waals surface area contributed by atoms with Gasteiger partial charge in [0.2, 0.25) is 5.88 Å². The molecule has 0 saturated heterocycles. The van der Waals surface area contributed by atoms with Crippen LogP contribution in [0.1, 0.15) is 18.4 Å². The topological polar surface area (TPSA) is 25.4 Å². The summed E-state index contributed by atoms with van der Waals surface area (Å²) in [5, 5.41) is -0.222. The van der Waals surface area contributed by atoms with E-state index >= 15 is 0 Å². The van der Waals surface area contributed by atoms with Crippen LogP contribution in [0.3, 0.4) is 0 Å². The van der Waals surface area contributed by atoms with Crippen LogP contribution in [-0.4, -0.2) is 36.1 Å². The van der Waals surface area contributed by atoms with Gasteiger partial charge in [0.05, 0.1) is 5.56 Å². The maximum absolute atomic E-state index is 12.6. The van der Waals surface area contributed by atoms with Crippen LogP contribution in [0.5, 0.6) is 5.88 Å². The van der Waals surface area contributed by atoms with E-state index < -0.39 is 11.7 Å². The third-order valence-electron chi connectivity index (χ3n) is 2.96. The van der Waals surface area contributed by atoms with E-state index in [0.717, 1.165) is 12.1 Å². The lowest BCUT2D eigenvalue weighted by atomic mass is 10.2. The van der Waals surface area contributed by atoms with E-state index in [1.807, 2.05) is 7.05 Å². The fourth-order valence-electron chi connectivity index (χ4n) is 1.70. The van der Waals surface area contributed by atoms with Gasteiger partial charge in [-0.2, -0.15) is 13.2 Å². The zero-order valence-electron chi connectivity index (χ0n) is 10.4. The highest BCUT2D eigenvalue weighted by molar-refractivity contribution is 6.29. The van der Waals surface area contributed by atoms with Crippen molar-refractivity contribution < 1.29 is 17.9 Å². The van der Waals surface area contributed by atoms with Crippen molar-refractivity contribution in [3.05, 3.63) is 22.8 Å². The van der Waals surface area contributed by atoms with Gasteiger partial charge in [-0.3, -0.25) is 0 Å². The summed E-state index contributed by atoms with van der Waals surface area (Å²) in [6, 6.07) is 2.23. The van der Waals surface area contributed by atoms with Gasteiger partial charge in [0.25, 0.3) is 0 Å². The van der Waals surface area contributed by atoms with Crippen molar-refractivity contribution in [1.82, 2.24) is 9.88 Å². The van der Waals surface area contributed by atoms with Crippen LogP contribution in [0.2, 0.25) is 5.15 Å². The molecule has 1 saturated carbocycles. The van der Waals surface area contributed by atoms with E-state index in [9.17, 15) is 13.2 Å². The standard InChI is InChI=1S/C12H14ClF3N2O/c1-18(9-2-3-9)4-5-19-11-7-8(12(14,15)16)6-10(13)17-11/h6-7,9H,2-5H2,1H3. The molecule has 106 valence electrons. The monoisotopic (exact) mass is 294 g/mol. The molecule has 0 unspecified atom stereocenters. The van der Waals surface area contributed by atoms with Gasteiger partial charge in [-0.05, 0) is 26.0 Å². The van der Waals surface area contributed by atoms with E-state index in [1.54, 1.807) is 0 Å². The van der Waals surface area contributed by atoms with Gasteiger partial charge in [-0.15, -0.1) is 0 Å². The molecule has 0 aromatic carbocycles. The van der Waals surface area contributed by atoms with Crippen LogP contribution in [0.25, 0.3) is 0 Å². The second-order valence-electron chi connectivity index (χ2n) is 4.57. The van der Waals surface area contributed by atoms with Crippen LogP contribution in [0.15, 0.2) is 12.1 Å². The Bertz CT molecular complexity index is 449. The van der Waals surface area contributed by atoms with Crippen LogP contribution in [0, 0.1) is 0 Å². The molecule has 0 aliphatic heterocycles. The predicted octanol–water partition coefficient (Wildman–Crippen LogP) is 3.23. The molecule has 0 amide bonds. The van der Waals surface area contributed by atoms with Gasteiger partial charge in [0, 0.05) is 18.7 Å². The van der Waals surface area contributed by atoms with E-state index in [2.05, 4.69) is 9.88 Å². The Morgan fingerprint density at radius 2 is 2.11 bits per heavy atom. The van der Waals surface area contributed by atoms with Gasteiger partial charge >= 0.3 is 6.18 Å². The van der Waals surface area contributed by atoms with Crippen LogP contribution in [-0.2, 0) is 6.18 Å². The fourth-order valence-corrected chi connectivity index (χ4v) is 1.90. The highest BCUT2D eigenvalue weighted by atomic mass is 35.5. The third-order valence-corrected chi connectivity index (χ3v) is 3.16. The average Bonchev–Trinajstić information content (AvgIpc) is 3.10. The van der Waals surface area contributed by atoms with Gasteiger partial charge < -0.3 is 9.64 Å². The number of aromatic nitrogens is 1. The number of hydrogen-bond donors (Lipinski definition) is 0.